The van der Waals surface area contributed by atoms with Crippen molar-refractivity contribution in [3.05, 3.63) is 34.9 Å². The standard InChI is InChI=1S/C17H23NO2S/c1-13-7-8-16(15(12-13)6-5-10-19)17(20)18(3)14(2)9-11-21-4/h7-8,12,14,19H,9-11H2,1-4H3. The van der Waals surface area contributed by atoms with Crippen molar-refractivity contribution in [3.8, 4) is 11.8 Å². The smallest absolute Gasteiger partial charge is 0.255 e. The maximum Gasteiger partial charge on any atom is 0.255 e. The number of hydrogen-bond donors (Lipinski definition) is 1. The van der Waals surface area contributed by atoms with E-state index in [0.29, 0.717) is 11.1 Å². The Bertz CT molecular complexity index is 545. The minimum atomic E-state index is -0.207. The molecule has 1 aromatic rings. The molecule has 1 aromatic carbocycles. The number of thioether (sulfide) groups is 1. The van der Waals surface area contributed by atoms with Crippen molar-refractivity contribution in [1.29, 1.82) is 0 Å². The molecule has 0 bridgehead atoms. The highest BCUT2D eigenvalue weighted by Crippen LogP contribution is 2.16. The lowest BCUT2D eigenvalue weighted by Crippen LogP contribution is -2.35. The highest BCUT2D eigenvalue weighted by molar-refractivity contribution is 7.98. The zero-order valence-corrected chi connectivity index (χ0v) is 14.0. The fraction of sp³-hybridized carbons (Fsp3) is 0.471. The van der Waals surface area contributed by atoms with Crippen LogP contribution in [-0.2, 0) is 0 Å². The summed E-state index contributed by atoms with van der Waals surface area (Å²) in [6.45, 7) is 3.81. The Morgan fingerprint density at radius 1 is 1.48 bits per heavy atom. The molecule has 1 unspecified atom stereocenters. The summed E-state index contributed by atoms with van der Waals surface area (Å²) in [7, 11) is 1.83. The van der Waals surface area contributed by atoms with Crippen LogP contribution in [0.15, 0.2) is 18.2 Å². The van der Waals surface area contributed by atoms with Gasteiger partial charge in [-0.1, -0.05) is 17.9 Å². The Labute approximate surface area is 131 Å². The van der Waals surface area contributed by atoms with Gasteiger partial charge < -0.3 is 10.0 Å². The number of aliphatic hydroxyl groups excluding tert-OH is 1. The van der Waals surface area contributed by atoms with Gasteiger partial charge in [0.05, 0.1) is 5.56 Å². The Hall–Kier alpha value is -1.44. The van der Waals surface area contributed by atoms with Crippen molar-refractivity contribution < 1.29 is 9.90 Å². The minimum absolute atomic E-state index is 0.0224. The van der Waals surface area contributed by atoms with Crippen molar-refractivity contribution in [2.45, 2.75) is 26.3 Å². The van der Waals surface area contributed by atoms with E-state index >= 15 is 0 Å². The molecule has 114 valence electrons. The van der Waals surface area contributed by atoms with Crippen LogP contribution in [0.5, 0.6) is 0 Å². The van der Waals surface area contributed by atoms with E-state index in [2.05, 4.69) is 25.0 Å². The van der Waals surface area contributed by atoms with Crippen LogP contribution in [0.2, 0.25) is 0 Å². The summed E-state index contributed by atoms with van der Waals surface area (Å²) in [5, 5.41) is 8.85. The summed E-state index contributed by atoms with van der Waals surface area (Å²) in [6, 6.07) is 5.80. The van der Waals surface area contributed by atoms with Crippen molar-refractivity contribution in [2.24, 2.45) is 0 Å². The van der Waals surface area contributed by atoms with E-state index in [4.69, 9.17) is 5.11 Å². The van der Waals surface area contributed by atoms with Gasteiger partial charge in [0.25, 0.3) is 5.91 Å². The first-order valence-corrected chi connectivity index (χ1v) is 8.37. The second-order valence-corrected chi connectivity index (χ2v) is 6.04. The number of hydrogen-bond acceptors (Lipinski definition) is 3. The highest BCUT2D eigenvalue weighted by Gasteiger charge is 2.19. The number of rotatable bonds is 5. The molecule has 0 aliphatic carbocycles. The van der Waals surface area contributed by atoms with Gasteiger partial charge in [-0.3, -0.25) is 4.79 Å². The van der Waals surface area contributed by atoms with Crippen LogP contribution in [0.1, 0.15) is 34.8 Å². The first kappa shape index (κ1) is 17.6. The molecule has 1 atom stereocenters. The third kappa shape index (κ3) is 5.11. The number of carbonyl (C=O) groups is 1. The molecule has 0 saturated carbocycles. The molecule has 21 heavy (non-hydrogen) atoms. The van der Waals surface area contributed by atoms with Gasteiger partial charge >= 0.3 is 0 Å². The first-order valence-electron chi connectivity index (χ1n) is 6.97. The minimum Gasteiger partial charge on any atom is -0.384 e. The third-order valence-electron chi connectivity index (χ3n) is 3.43. The molecule has 1 rings (SSSR count). The van der Waals surface area contributed by atoms with Gasteiger partial charge in [0.2, 0.25) is 0 Å². The van der Waals surface area contributed by atoms with Crippen LogP contribution in [0, 0.1) is 18.8 Å². The molecular formula is C17H23NO2S. The lowest BCUT2D eigenvalue weighted by Gasteiger charge is -2.25. The number of amides is 1. The van der Waals surface area contributed by atoms with Gasteiger partial charge in [-0.15, -0.1) is 0 Å². The van der Waals surface area contributed by atoms with E-state index < -0.39 is 0 Å². The average molecular weight is 305 g/mol. The molecule has 0 aliphatic rings. The fourth-order valence-corrected chi connectivity index (χ4v) is 2.53. The van der Waals surface area contributed by atoms with E-state index in [1.165, 1.54) is 0 Å². The Morgan fingerprint density at radius 3 is 2.81 bits per heavy atom. The molecule has 0 aliphatic heterocycles. The summed E-state index contributed by atoms with van der Waals surface area (Å²) in [6.07, 6.45) is 3.03. The van der Waals surface area contributed by atoms with Crippen LogP contribution in [0.4, 0.5) is 0 Å². The summed E-state index contributed by atoms with van der Waals surface area (Å²) in [5.74, 6) is 6.50. The van der Waals surface area contributed by atoms with Crippen LogP contribution >= 0.6 is 11.8 Å². The summed E-state index contributed by atoms with van der Waals surface area (Å²) >= 11 is 1.78. The van der Waals surface area contributed by atoms with Gasteiger partial charge in [-0.2, -0.15) is 11.8 Å². The van der Waals surface area contributed by atoms with Crippen LogP contribution in [-0.4, -0.2) is 47.6 Å². The first-order chi connectivity index (χ1) is 10.0. The van der Waals surface area contributed by atoms with Crippen molar-refractivity contribution >= 4 is 17.7 Å². The van der Waals surface area contributed by atoms with Gasteiger partial charge in [0, 0.05) is 18.7 Å². The lowest BCUT2D eigenvalue weighted by molar-refractivity contribution is 0.0741. The topological polar surface area (TPSA) is 40.5 Å². The maximum absolute atomic E-state index is 12.6. The number of nitrogens with zero attached hydrogens (tertiary/aromatic N) is 1. The van der Waals surface area contributed by atoms with E-state index in [0.717, 1.165) is 17.7 Å². The van der Waals surface area contributed by atoms with Gasteiger partial charge in [-0.25, -0.2) is 0 Å². The summed E-state index contributed by atoms with van der Waals surface area (Å²) in [4.78, 5) is 14.4. The van der Waals surface area contributed by atoms with Gasteiger partial charge in [0.15, 0.2) is 0 Å². The molecule has 0 radical (unpaired) electrons. The zero-order valence-electron chi connectivity index (χ0n) is 13.1. The zero-order chi connectivity index (χ0) is 15.8. The molecule has 0 heterocycles. The van der Waals surface area contributed by atoms with E-state index in [1.54, 1.807) is 16.7 Å². The SMILES string of the molecule is CSCCC(C)N(C)C(=O)c1ccc(C)cc1C#CCO. The monoisotopic (exact) mass is 305 g/mol. The average Bonchev–Trinajstić information content (AvgIpc) is 2.49. The van der Waals surface area contributed by atoms with E-state index in [1.807, 2.05) is 32.2 Å². The number of benzene rings is 1. The molecular weight excluding hydrogens is 282 g/mol. The van der Waals surface area contributed by atoms with Gasteiger partial charge in [0.1, 0.15) is 6.61 Å². The Balaban J connectivity index is 3.00. The molecule has 0 aromatic heterocycles. The molecule has 1 amide bonds. The molecule has 0 spiro atoms. The quantitative estimate of drug-likeness (QED) is 0.850. The third-order valence-corrected chi connectivity index (χ3v) is 4.07. The normalized spacial score (nSPS) is 11.5. The predicted molar refractivity (Wildman–Crippen MR) is 89.7 cm³/mol. The van der Waals surface area contributed by atoms with Crippen molar-refractivity contribution in [1.82, 2.24) is 4.90 Å². The summed E-state index contributed by atoms with van der Waals surface area (Å²) < 4.78 is 0. The van der Waals surface area contributed by atoms with E-state index in [-0.39, 0.29) is 18.6 Å². The van der Waals surface area contributed by atoms with Crippen LogP contribution in [0.25, 0.3) is 0 Å². The Kier molecular flexibility index (Phi) is 7.35. The molecule has 0 saturated heterocycles. The van der Waals surface area contributed by atoms with E-state index in [9.17, 15) is 4.79 Å². The lowest BCUT2D eigenvalue weighted by atomic mass is 10.0. The number of aryl methyl sites for hydroxylation is 1. The number of aliphatic hydroxyl groups is 1. The second-order valence-electron chi connectivity index (χ2n) is 5.06. The highest BCUT2D eigenvalue weighted by atomic mass is 32.2. The summed E-state index contributed by atoms with van der Waals surface area (Å²) in [5.41, 5.74) is 2.32. The molecule has 1 N–H and O–H groups in total. The Morgan fingerprint density at radius 2 is 2.19 bits per heavy atom. The van der Waals surface area contributed by atoms with Crippen molar-refractivity contribution in [3.63, 3.8) is 0 Å². The second kappa shape index (κ2) is 8.76. The van der Waals surface area contributed by atoms with Gasteiger partial charge in [-0.05, 0) is 50.0 Å². The molecule has 0 fully saturated rings. The largest absolute Gasteiger partial charge is 0.384 e. The predicted octanol–water partition coefficient (Wildman–Crippen LogP) is 2.55. The van der Waals surface area contributed by atoms with Crippen LogP contribution in [0.3, 0.4) is 0 Å². The maximum atomic E-state index is 12.6. The fourth-order valence-electron chi connectivity index (χ4n) is 1.95. The molecule has 3 nitrogen and oxygen atoms in total. The van der Waals surface area contributed by atoms with Crippen molar-refractivity contribution in [2.75, 3.05) is 25.7 Å². The molecule has 4 heteroatoms. The number of carbonyl (C=O) groups excluding carboxylic acids is 1. The van der Waals surface area contributed by atoms with Crippen LogP contribution < -0.4 is 0 Å².